The smallest absolute Gasteiger partial charge is 0.0945 e. The number of nitrogens with one attached hydrogen (secondary N) is 1. The lowest BCUT2D eigenvalue weighted by Gasteiger charge is -2.13. The van der Waals surface area contributed by atoms with E-state index in [1.54, 1.807) is 13.3 Å². The van der Waals surface area contributed by atoms with Crippen LogP contribution in [0.5, 0.6) is 0 Å². The highest BCUT2D eigenvalue weighted by atomic mass is 79.9. The van der Waals surface area contributed by atoms with Crippen LogP contribution in [0.2, 0.25) is 0 Å². The first-order valence-corrected chi connectivity index (χ1v) is 6.45. The fourth-order valence-corrected chi connectivity index (χ4v) is 2.10. The molecule has 0 amide bonds. The van der Waals surface area contributed by atoms with E-state index in [2.05, 4.69) is 26.2 Å². The van der Waals surface area contributed by atoms with E-state index in [0.29, 0.717) is 13.2 Å². The number of rotatable bonds is 5. The monoisotopic (exact) mass is 310 g/mol. The number of aromatic nitrogens is 1. The molecule has 0 saturated carbocycles. The molecule has 96 valence electrons. The fourth-order valence-electron chi connectivity index (χ4n) is 1.76. The summed E-state index contributed by atoms with van der Waals surface area (Å²) in [5.41, 5.74) is 1.81. The quantitative estimate of drug-likeness (QED) is 0.890. The number of hydrogen-bond acceptors (Lipinski definition) is 4. The van der Waals surface area contributed by atoms with Gasteiger partial charge >= 0.3 is 0 Å². The highest BCUT2D eigenvalue weighted by Gasteiger charge is 2.06. The van der Waals surface area contributed by atoms with Gasteiger partial charge in [0, 0.05) is 29.7 Å². The number of benzene rings is 1. The van der Waals surface area contributed by atoms with E-state index in [1.165, 1.54) is 0 Å². The molecular formula is C13H15BrN2O2. The van der Waals surface area contributed by atoms with Crippen molar-refractivity contribution in [2.45, 2.75) is 6.10 Å². The number of pyridine rings is 1. The first-order chi connectivity index (χ1) is 8.70. The van der Waals surface area contributed by atoms with Crippen LogP contribution in [0.1, 0.15) is 0 Å². The molecule has 0 fully saturated rings. The molecule has 2 N–H and O–H groups in total. The molecule has 0 saturated heterocycles. The summed E-state index contributed by atoms with van der Waals surface area (Å²) in [4.78, 5) is 4.38. The Morgan fingerprint density at radius 3 is 3.11 bits per heavy atom. The molecule has 0 bridgehead atoms. The highest BCUT2D eigenvalue weighted by Crippen LogP contribution is 2.23. The predicted octanol–water partition coefficient (Wildman–Crippen LogP) is 2.42. The third kappa shape index (κ3) is 3.19. The average Bonchev–Trinajstić information content (AvgIpc) is 2.36. The molecule has 0 aliphatic carbocycles. The van der Waals surface area contributed by atoms with Crippen LogP contribution in [0.4, 0.5) is 5.69 Å². The molecule has 0 radical (unpaired) electrons. The Morgan fingerprint density at radius 1 is 1.50 bits per heavy atom. The van der Waals surface area contributed by atoms with E-state index in [9.17, 15) is 5.11 Å². The van der Waals surface area contributed by atoms with Crippen LogP contribution in [0.25, 0.3) is 10.9 Å². The molecule has 0 aliphatic rings. The van der Waals surface area contributed by atoms with Gasteiger partial charge in [-0.2, -0.15) is 0 Å². The Labute approximate surface area is 114 Å². The first kappa shape index (κ1) is 13.3. The summed E-state index contributed by atoms with van der Waals surface area (Å²) < 4.78 is 5.83. The average molecular weight is 311 g/mol. The number of anilines is 1. The molecule has 1 atom stereocenters. The summed E-state index contributed by atoms with van der Waals surface area (Å²) in [6, 6.07) is 7.92. The van der Waals surface area contributed by atoms with Crippen LogP contribution in [0.15, 0.2) is 34.9 Å². The van der Waals surface area contributed by atoms with Crippen molar-refractivity contribution < 1.29 is 9.84 Å². The zero-order valence-electron chi connectivity index (χ0n) is 10.1. The minimum atomic E-state index is -0.527. The Balaban J connectivity index is 2.18. The van der Waals surface area contributed by atoms with Crippen molar-refractivity contribution in [1.82, 2.24) is 4.98 Å². The van der Waals surface area contributed by atoms with E-state index in [-0.39, 0.29) is 0 Å². The van der Waals surface area contributed by atoms with Crippen molar-refractivity contribution in [3.63, 3.8) is 0 Å². The second kappa shape index (κ2) is 6.13. The van der Waals surface area contributed by atoms with Crippen LogP contribution in [-0.4, -0.2) is 36.5 Å². The SMILES string of the molecule is COCC(O)CNc1cccc2cc(Br)cnc12. The number of ether oxygens (including phenoxy) is 1. The zero-order chi connectivity index (χ0) is 13.0. The standard InChI is InChI=1S/C13H15BrN2O2/c1-18-8-11(17)7-15-12-4-2-3-9-5-10(14)6-16-13(9)12/h2-6,11,15,17H,7-8H2,1H3. The molecule has 2 aromatic rings. The van der Waals surface area contributed by atoms with Crippen molar-refractivity contribution in [3.8, 4) is 0 Å². The van der Waals surface area contributed by atoms with Crippen LogP contribution < -0.4 is 5.32 Å². The van der Waals surface area contributed by atoms with Gasteiger partial charge in [-0.15, -0.1) is 0 Å². The van der Waals surface area contributed by atoms with E-state index in [1.807, 2.05) is 24.3 Å². The number of para-hydroxylation sites is 1. The number of fused-ring (bicyclic) bond motifs is 1. The largest absolute Gasteiger partial charge is 0.389 e. The Kier molecular flexibility index (Phi) is 4.52. The molecule has 2 rings (SSSR count). The maximum atomic E-state index is 9.61. The molecule has 0 aliphatic heterocycles. The lowest BCUT2D eigenvalue weighted by atomic mass is 10.2. The molecule has 1 unspecified atom stereocenters. The summed E-state index contributed by atoms with van der Waals surface area (Å²) in [6.45, 7) is 0.751. The van der Waals surface area contributed by atoms with E-state index < -0.39 is 6.10 Å². The molecule has 18 heavy (non-hydrogen) atoms. The highest BCUT2D eigenvalue weighted by molar-refractivity contribution is 9.10. The lowest BCUT2D eigenvalue weighted by Crippen LogP contribution is -2.24. The number of hydrogen-bond donors (Lipinski definition) is 2. The van der Waals surface area contributed by atoms with Crippen LogP contribution in [-0.2, 0) is 4.74 Å². The topological polar surface area (TPSA) is 54.4 Å². The van der Waals surface area contributed by atoms with E-state index in [4.69, 9.17) is 4.74 Å². The van der Waals surface area contributed by atoms with E-state index in [0.717, 1.165) is 21.1 Å². The van der Waals surface area contributed by atoms with Gasteiger partial charge in [-0.05, 0) is 28.1 Å². The van der Waals surface area contributed by atoms with Gasteiger partial charge in [-0.3, -0.25) is 4.98 Å². The van der Waals surface area contributed by atoms with Crippen molar-refractivity contribution >= 4 is 32.5 Å². The van der Waals surface area contributed by atoms with Crippen molar-refractivity contribution in [2.24, 2.45) is 0 Å². The number of halogens is 1. The number of methoxy groups -OCH3 is 1. The molecule has 1 aromatic heterocycles. The number of nitrogens with zero attached hydrogens (tertiary/aromatic N) is 1. The summed E-state index contributed by atoms with van der Waals surface area (Å²) in [6.07, 6.45) is 1.24. The molecule has 4 nitrogen and oxygen atoms in total. The third-order valence-corrected chi connectivity index (χ3v) is 3.00. The van der Waals surface area contributed by atoms with Gasteiger partial charge in [-0.25, -0.2) is 0 Å². The zero-order valence-corrected chi connectivity index (χ0v) is 11.6. The van der Waals surface area contributed by atoms with Crippen LogP contribution in [0, 0.1) is 0 Å². The van der Waals surface area contributed by atoms with Gasteiger partial charge in [0.25, 0.3) is 0 Å². The summed E-state index contributed by atoms with van der Waals surface area (Å²) >= 11 is 3.40. The minimum Gasteiger partial charge on any atom is -0.389 e. The van der Waals surface area contributed by atoms with Gasteiger partial charge in [0.15, 0.2) is 0 Å². The molecule has 0 spiro atoms. The van der Waals surface area contributed by atoms with Crippen LogP contribution in [0.3, 0.4) is 0 Å². The summed E-state index contributed by atoms with van der Waals surface area (Å²) in [7, 11) is 1.57. The Bertz CT molecular complexity index is 533. The summed E-state index contributed by atoms with van der Waals surface area (Å²) in [5.74, 6) is 0. The van der Waals surface area contributed by atoms with E-state index >= 15 is 0 Å². The molecule has 1 aromatic carbocycles. The van der Waals surface area contributed by atoms with Gasteiger partial charge in [0.1, 0.15) is 0 Å². The third-order valence-electron chi connectivity index (χ3n) is 2.56. The normalized spacial score (nSPS) is 12.6. The number of aliphatic hydroxyl groups excluding tert-OH is 1. The van der Waals surface area contributed by atoms with Crippen LogP contribution >= 0.6 is 15.9 Å². The van der Waals surface area contributed by atoms with Crippen molar-refractivity contribution in [2.75, 3.05) is 25.6 Å². The first-order valence-electron chi connectivity index (χ1n) is 5.66. The number of aliphatic hydroxyl groups is 1. The van der Waals surface area contributed by atoms with Gasteiger partial charge < -0.3 is 15.2 Å². The van der Waals surface area contributed by atoms with Crippen molar-refractivity contribution in [1.29, 1.82) is 0 Å². The molecule has 1 heterocycles. The van der Waals surface area contributed by atoms with Gasteiger partial charge in [0.05, 0.1) is 23.9 Å². The van der Waals surface area contributed by atoms with Crippen molar-refractivity contribution in [3.05, 3.63) is 34.9 Å². The fraction of sp³-hybridized carbons (Fsp3) is 0.308. The Hall–Kier alpha value is -1.17. The Morgan fingerprint density at radius 2 is 2.33 bits per heavy atom. The van der Waals surface area contributed by atoms with Gasteiger partial charge in [0.2, 0.25) is 0 Å². The lowest BCUT2D eigenvalue weighted by molar-refractivity contribution is 0.0728. The second-order valence-corrected chi connectivity index (χ2v) is 4.94. The second-order valence-electron chi connectivity index (χ2n) is 4.02. The maximum Gasteiger partial charge on any atom is 0.0945 e. The molecule has 5 heteroatoms. The molecular weight excluding hydrogens is 296 g/mol. The predicted molar refractivity (Wildman–Crippen MR) is 75.8 cm³/mol. The van der Waals surface area contributed by atoms with Gasteiger partial charge in [-0.1, -0.05) is 12.1 Å². The summed E-state index contributed by atoms with van der Waals surface area (Å²) in [5, 5.41) is 13.8. The maximum absolute atomic E-state index is 9.61. The minimum absolute atomic E-state index is 0.316.